The van der Waals surface area contributed by atoms with E-state index in [2.05, 4.69) is 6.92 Å². The largest absolute Gasteiger partial charge is 1.00 e. The molecule has 0 unspecified atom stereocenters. The summed E-state index contributed by atoms with van der Waals surface area (Å²) in [6.45, 7) is 2.18. The topological polar surface area (TPSA) is 86.7 Å². The van der Waals surface area contributed by atoms with Crippen LogP contribution in [0.3, 0.4) is 0 Å². The summed E-state index contributed by atoms with van der Waals surface area (Å²) in [6.07, 6.45) is 7.51. The first kappa shape index (κ1) is 24.0. The average molecular weight is 400 g/mol. The molecule has 1 N–H and O–H groups in total. The van der Waals surface area contributed by atoms with Crippen molar-refractivity contribution in [3.63, 3.8) is 0 Å². The van der Waals surface area contributed by atoms with Gasteiger partial charge in [0.2, 0.25) is 0 Å². The van der Waals surface area contributed by atoms with Gasteiger partial charge in [0.1, 0.15) is 16.4 Å². The van der Waals surface area contributed by atoms with Crippen molar-refractivity contribution in [3.05, 3.63) is 48.0 Å². The third-order valence-electron chi connectivity index (χ3n) is 4.21. The molecule has 0 bridgehead atoms. The van der Waals surface area contributed by atoms with E-state index in [1.165, 1.54) is 49.9 Å². The molecule has 0 atom stereocenters. The molecule has 2 aromatic carbocycles. The van der Waals surface area contributed by atoms with Crippen LogP contribution in [-0.2, 0) is 16.5 Å². The first-order valence-electron chi connectivity index (χ1n) is 8.96. The van der Waals surface area contributed by atoms with Gasteiger partial charge in [0, 0.05) is 0 Å². The Kier molecular flexibility index (Phi) is 10.4. The van der Waals surface area contributed by atoms with Gasteiger partial charge in [0.15, 0.2) is 0 Å². The molecule has 5 nitrogen and oxygen atoms in total. The van der Waals surface area contributed by atoms with Gasteiger partial charge in [-0.3, -0.25) is 4.55 Å². The van der Waals surface area contributed by atoms with Crippen LogP contribution in [0.15, 0.2) is 47.4 Å². The van der Waals surface area contributed by atoms with Gasteiger partial charge in [-0.05, 0) is 31.0 Å². The summed E-state index contributed by atoms with van der Waals surface area (Å²) in [7, 11) is -4.43. The molecule has 142 valence electrons. The number of para-hydroxylation sites is 2. The third kappa shape index (κ3) is 7.47. The van der Waals surface area contributed by atoms with Gasteiger partial charge in [-0.25, -0.2) is 0 Å². The number of hydrogen-bond acceptors (Lipinski definition) is 4. The zero-order chi connectivity index (χ0) is 19.0. The Labute approximate surface area is 183 Å². The van der Waals surface area contributed by atoms with Crippen LogP contribution in [0.5, 0.6) is 17.2 Å². The molecule has 0 spiro atoms. The third-order valence-corrected chi connectivity index (χ3v) is 5.10. The molecule has 27 heavy (non-hydrogen) atoms. The van der Waals surface area contributed by atoms with Crippen molar-refractivity contribution in [2.45, 2.75) is 56.8 Å². The zero-order valence-corrected chi connectivity index (χ0v) is 18.8. The molecule has 0 fully saturated rings. The molecule has 0 aliphatic heterocycles. The molecule has 2 rings (SSSR count). The maximum absolute atomic E-state index is 12.6. The molecule has 0 heterocycles. The van der Waals surface area contributed by atoms with Gasteiger partial charge in [-0.1, -0.05) is 74.6 Å². The van der Waals surface area contributed by atoms with Crippen molar-refractivity contribution in [2.75, 3.05) is 0 Å². The van der Waals surface area contributed by atoms with Crippen molar-refractivity contribution < 1.29 is 52.4 Å². The standard InChI is InChI=1S/C20H26O5S.Na/c1-2-3-4-5-6-7-11-16-12-10-14-18(20(16)21)25-17-13-8-9-15-19(17)26(22,23)24;/h8-10,12-15,21H,2-7,11H2,1H3,(H,22,23,24);/q;+1/p-1. The Balaban J connectivity index is 0.00000364. The molecular weight excluding hydrogens is 375 g/mol. The Hall–Kier alpha value is -1.05. The van der Waals surface area contributed by atoms with Gasteiger partial charge < -0.3 is 9.84 Å². The summed E-state index contributed by atoms with van der Waals surface area (Å²) in [5.41, 5.74) is 0.655. The molecule has 0 amide bonds. The Morgan fingerprint density at radius 3 is 2.26 bits per heavy atom. The number of benzene rings is 2. The predicted molar refractivity (Wildman–Crippen MR) is 99.3 cm³/mol. The molecule has 0 saturated heterocycles. The van der Waals surface area contributed by atoms with E-state index in [4.69, 9.17) is 4.74 Å². The summed E-state index contributed by atoms with van der Waals surface area (Å²) >= 11 is 0. The average Bonchev–Trinajstić information content (AvgIpc) is 2.60. The van der Waals surface area contributed by atoms with Gasteiger partial charge in [0.25, 0.3) is 10.1 Å². The second-order valence-electron chi connectivity index (χ2n) is 6.29. The van der Waals surface area contributed by atoms with Gasteiger partial charge in [-0.15, -0.1) is 0 Å². The number of rotatable bonds is 10. The van der Waals surface area contributed by atoms with E-state index < -0.39 is 10.1 Å². The summed E-state index contributed by atoms with van der Waals surface area (Å²) in [5, 5.41) is 12.6. The molecule has 0 aliphatic rings. The quantitative estimate of drug-likeness (QED) is 0.373. The molecule has 0 aliphatic carbocycles. The zero-order valence-electron chi connectivity index (χ0n) is 16.0. The van der Waals surface area contributed by atoms with Crippen molar-refractivity contribution in [1.29, 1.82) is 0 Å². The number of ether oxygens (including phenoxy) is 1. The van der Waals surface area contributed by atoms with Crippen LogP contribution >= 0.6 is 0 Å². The first-order chi connectivity index (χ1) is 12.4. The number of unbranched alkanes of at least 4 members (excludes halogenated alkanes) is 5. The van der Waals surface area contributed by atoms with E-state index in [9.17, 15) is 18.1 Å². The van der Waals surface area contributed by atoms with Crippen LogP contribution < -0.4 is 39.4 Å². The van der Waals surface area contributed by atoms with E-state index in [-0.39, 0.29) is 51.7 Å². The van der Waals surface area contributed by atoms with Gasteiger partial charge in [-0.2, -0.15) is 8.42 Å². The summed E-state index contributed by atoms with van der Waals surface area (Å²) in [5.74, 6) is -0.250. The van der Waals surface area contributed by atoms with E-state index in [0.29, 0.717) is 12.0 Å². The van der Waals surface area contributed by atoms with Crippen molar-refractivity contribution in [3.8, 4) is 17.2 Å². The van der Waals surface area contributed by atoms with Crippen LogP contribution in [0.25, 0.3) is 0 Å². The second kappa shape index (κ2) is 11.7. The van der Waals surface area contributed by atoms with Gasteiger partial charge in [0.05, 0.1) is 0 Å². The van der Waals surface area contributed by atoms with E-state index in [1.54, 1.807) is 18.2 Å². The fourth-order valence-electron chi connectivity index (χ4n) is 2.80. The smallest absolute Gasteiger partial charge is 0.870 e. The SMILES string of the molecule is CCCCCCCCc1cccc(Oc2ccccc2S(=O)(=O)O)c1[O-].[Na+]. The Bertz CT molecular complexity index is 821. The number of hydrogen-bond donors (Lipinski definition) is 1. The van der Waals surface area contributed by atoms with Crippen LogP contribution in [-0.4, -0.2) is 13.0 Å². The van der Waals surface area contributed by atoms with E-state index >= 15 is 0 Å². The summed E-state index contributed by atoms with van der Waals surface area (Å²) in [4.78, 5) is -0.360. The van der Waals surface area contributed by atoms with Crippen LogP contribution in [0, 0.1) is 0 Å². The van der Waals surface area contributed by atoms with E-state index in [1.807, 2.05) is 0 Å². The van der Waals surface area contributed by atoms with Crippen LogP contribution in [0.4, 0.5) is 0 Å². The van der Waals surface area contributed by atoms with E-state index in [0.717, 1.165) is 12.8 Å². The van der Waals surface area contributed by atoms with Crippen molar-refractivity contribution in [2.24, 2.45) is 0 Å². The molecule has 2 aromatic rings. The fourth-order valence-corrected chi connectivity index (χ4v) is 3.41. The van der Waals surface area contributed by atoms with Gasteiger partial charge >= 0.3 is 29.6 Å². The normalized spacial score (nSPS) is 11.0. The predicted octanol–water partition coefficient (Wildman–Crippen LogP) is 1.71. The molecular formula is C20H25NaO5S. The second-order valence-corrected chi connectivity index (χ2v) is 7.68. The Morgan fingerprint density at radius 1 is 0.926 bits per heavy atom. The minimum absolute atomic E-state index is 0. The number of aryl methyl sites for hydroxylation is 1. The maximum Gasteiger partial charge on any atom is 1.00 e. The molecule has 0 saturated carbocycles. The summed E-state index contributed by atoms with van der Waals surface area (Å²) in [6, 6.07) is 10.7. The van der Waals surface area contributed by atoms with Crippen molar-refractivity contribution >= 4 is 10.1 Å². The monoisotopic (exact) mass is 400 g/mol. The minimum atomic E-state index is -4.43. The molecule has 7 heteroatoms. The van der Waals surface area contributed by atoms with Crippen molar-refractivity contribution in [1.82, 2.24) is 0 Å². The fraction of sp³-hybridized carbons (Fsp3) is 0.400. The maximum atomic E-state index is 12.6. The minimum Gasteiger partial charge on any atom is -0.870 e. The molecule has 0 aromatic heterocycles. The van der Waals surface area contributed by atoms with Crippen LogP contribution in [0.2, 0.25) is 0 Å². The summed E-state index contributed by atoms with van der Waals surface area (Å²) < 4.78 is 37.7. The Morgan fingerprint density at radius 2 is 1.56 bits per heavy atom. The molecule has 0 radical (unpaired) electrons. The van der Waals surface area contributed by atoms with Crippen LogP contribution in [0.1, 0.15) is 51.0 Å². The first-order valence-corrected chi connectivity index (χ1v) is 10.4.